The SMILES string of the molecule is [CH]1CCC2(C1)CNN2. The number of rotatable bonds is 0. The molecule has 2 fully saturated rings. The molecular weight excluding hydrogens is 100 g/mol. The first-order valence-corrected chi connectivity index (χ1v) is 3.23. The monoisotopic (exact) mass is 111 g/mol. The summed E-state index contributed by atoms with van der Waals surface area (Å²) in [6.45, 7) is 1.17. The van der Waals surface area contributed by atoms with Crippen molar-refractivity contribution in [1.29, 1.82) is 0 Å². The van der Waals surface area contributed by atoms with Crippen molar-refractivity contribution in [3.63, 3.8) is 0 Å². The lowest BCUT2D eigenvalue weighted by Crippen LogP contribution is -2.68. The van der Waals surface area contributed by atoms with Gasteiger partial charge in [-0.3, -0.25) is 10.9 Å². The second kappa shape index (κ2) is 1.45. The van der Waals surface area contributed by atoms with Gasteiger partial charge in [0.2, 0.25) is 0 Å². The third-order valence-corrected chi connectivity index (χ3v) is 2.14. The van der Waals surface area contributed by atoms with E-state index in [-0.39, 0.29) is 0 Å². The molecule has 0 bridgehead atoms. The minimum absolute atomic E-state index is 0.500. The summed E-state index contributed by atoms with van der Waals surface area (Å²) in [7, 11) is 0. The second-order valence-corrected chi connectivity index (χ2v) is 2.79. The van der Waals surface area contributed by atoms with Gasteiger partial charge >= 0.3 is 0 Å². The smallest absolute Gasteiger partial charge is 0.0464 e. The van der Waals surface area contributed by atoms with Crippen LogP contribution in [-0.4, -0.2) is 12.1 Å². The second-order valence-electron chi connectivity index (χ2n) is 2.79. The van der Waals surface area contributed by atoms with Crippen molar-refractivity contribution in [2.75, 3.05) is 6.54 Å². The largest absolute Gasteiger partial charge is 0.255 e. The van der Waals surface area contributed by atoms with Crippen molar-refractivity contribution in [3.8, 4) is 0 Å². The molecule has 0 amide bonds. The van der Waals surface area contributed by atoms with E-state index < -0.39 is 0 Å². The molecule has 1 saturated heterocycles. The van der Waals surface area contributed by atoms with Gasteiger partial charge in [-0.05, 0) is 25.7 Å². The summed E-state index contributed by atoms with van der Waals surface area (Å²) in [5.41, 5.74) is 6.81. The average molecular weight is 111 g/mol. The minimum atomic E-state index is 0.500. The van der Waals surface area contributed by atoms with Crippen LogP contribution in [0.2, 0.25) is 0 Å². The molecule has 1 spiro atoms. The highest BCUT2D eigenvalue weighted by Crippen LogP contribution is 2.30. The summed E-state index contributed by atoms with van der Waals surface area (Å²) < 4.78 is 0. The lowest BCUT2D eigenvalue weighted by atomic mass is 9.96. The number of nitrogens with one attached hydrogen (secondary N) is 2. The van der Waals surface area contributed by atoms with Crippen molar-refractivity contribution >= 4 is 0 Å². The van der Waals surface area contributed by atoms with Crippen LogP contribution in [0.25, 0.3) is 0 Å². The van der Waals surface area contributed by atoms with E-state index in [0.29, 0.717) is 5.54 Å². The zero-order valence-electron chi connectivity index (χ0n) is 4.91. The molecule has 1 aliphatic carbocycles. The summed E-state index contributed by atoms with van der Waals surface area (Å²) in [5.74, 6) is 0. The maximum absolute atomic E-state index is 3.24. The van der Waals surface area contributed by atoms with Crippen LogP contribution in [0.1, 0.15) is 19.3 Å². The van der Waals surface area contributed by atoms with Gasteiger partial charge in [-0.25, -0.2) is 0 Å². The van der Waals surface area contributed by atoms with Crippen molar-refractivity contribution in [2.24, 2.45) is 0 Å². The third kappa shape index (κ3) is 0.501. The summed E-state index contributed by atoms with van der Waals surface area (Å²) in [6, 6.07) is 0. The molecule has 2 aliphatic rings. The third-order valence-electron chi connectivity index (χ3n) is 2.14. The minimum Gasteiger partial charge on any atom is -0.255 e. The van der Waals surface area contributed by atoms with Gasteiger partial charge in [0.05, 0.1) is 0 Å². The zero-order chi connectivity index (χ0) is 5.45. The number of hydrogen-bond acceptors (Lipinski definition) is 2. The molecule has 1 unspecified atom stereocenters. The zero-order valence-corrected chi connectivity index (χ0v) is 4.91. The van der Waals surface area contributed by atoms with Gasteiger partial charge in [0.25, 0.3) is 0 Å². The first-order chi connectivity index (χ1) is 3.91. The van der Waals surface area contributed by atoms with Crippen molar-refractivity contribution in [2.45, 2.75) is 24.8 Å². The molecule has 0 aromatic heterocycles. The van der Waals surface area contributed by atoms with Gasteiger partial charge < -0.3 is 0 Å². The van der Waals surface area contributed by atoms with Crippen LogP contribution in [0.5, 0.6) is 0 Å². The molecule has 2 nitrogen and oxygen atoms in total. The van der Waals surface area contributed by atoms with Crippen LogP contribution in [0.3, 0.4) is 0 Å². The lowest BCUT2D eigenvalue weighted by molar-refractivity contribution is 0.171. The van der Waals surface area contributed by atoms with Gasteiger partial charge in [-0.15, -0.1) is 0 Å². The molecule has 8 heavy (non-hydrogen) atoms. The van der Waals surface area contributed by atoms with Gasteiger partial charge in [0, 0.05) is 12.1 Å². The van der Waals surface area contributed by atoms with Crippen molar-refractivity contribution < 1.29 is 0 Å². The van der Waals surface area contributed by atoms with E-state index in [1.54, 1.807) is 0 Å². The Morgan fingerprint density at radius 3 is 2.62 bits per heavy atom. The molecule has 2 N–H and O–H groups in total. The quantitative estimate of drug-likeness (QED) is 0.467. The molecule has 0 aromatic carbocycles. The molecular formula is C6H11N2. The van der Waals surface area contributed by atoms with Crippen LogP contribution in [0.15, 0.2) is 0 Å². The number of hydrogen-bond donors (Lipinski definition) is 2. The molecule has 1 heterocycles. The van der Waals surface area contributed by atoms with Crippen molar-refractivity contribution in [1.82, 2.24) is 10.9 Å². The Labute approximate surface area is 49.6 Å². The highest BCUT2D eigenvalue weighted by Gasteiger charge is 2.38. The summed E-state index contributed by atoms with van der Waals surface area (Å²) in [5, 5.41) is 0. The van der Waals surface area contributed by atoms with E-state index >= 15 is 0 Å². The first-order valence-electron chi connectivity index (χ1n) is 3.23. The van der Waals surface area contributed by atoms with Crippen LogP contribution >= 0.6 is 0 Å². The predicted octanol–water partition coefficient (Wildman–Crippen LogP) is 0.221. The molecule has 1 aliphatic heterocycles. The Morgan fingerprint density at radius 1 is 1.50 bits per heavy atom. The predicted molar refractivity (Wildman–Crippen MR) is 32.0 cm³/mol. The van der Waals surface area contributed by atoms with Gasteiger partial charge in [-0.2, -0.15) is 0 Å². The Bertz CT molecular complexity index is 88.7. The van der Waals surface area contributed by atoms with Crippen LogP contribution in [0.4, 0.5) is 0 Å². The summed E-state index contributed by atoms with van der Waals surface area (Å²) in [4.78, 5) is 0. The Kier molecular flexibility index (Phi) is 0.866. The fourth-order valence-corrected chi connectivity index (χ4v) is 1.47. The van der Waals surface area contributed by atoms with Crippen LogP contribution in [0, 0.1) is 6.42 Å². The van der Waals surface area contributed by atoms with E-state index in [1.807, 2.05) is 0 Å². The summed E-state index contributed by atoms with van der Waals surface area (Å²) in [6.07, 6.45) is 6.27. The first kappa shape index (κ1) is 4.77. The standard InChI is InChI=1S/C6H11N2/c1-2-4-6(3-1)5-7-8-6/h1,7-8H,2-5H2. The fraction of sp³-hybridized carbons (Fsp3) is 0.833. The molecule has 45 valence electrons. The topological polar surface area (TPSA) is 24.1 Å². The Morgan fingerprint density at radius 2 is 2.38 bits per heavy atom. The normalized spacial score (nSPS) is 33.0. The van der Waals surface area contributed by atoms with E-state index in [1.165, 1.54) is 25.8 Å². The number of hydrazine groups is 1. The van der Waals surface area contributed by atoms with Gasteiger partial charge in [0.15, 0.2) is 0 Å². The fourth-order valence-electron chi connectivity index (χ4n) is 1.47. The van der Waals surface area contributed by atoms with Crippen molar-refractivity contribution in [3.05, 3.63) is 6.42 Å². The van der Waals surface area contributed by atoms with Gasteiger partial charge in [0.1, 0.15) is 0 Å². The summed E-state index contributed by atoms with van der Waals surface area (Å²) >= 11 is 0. The average Bonchev–Trinajstić information content (AvgIpc) is 2.07. The van der Waals surface area contributed by atoms with Crippen LogP contribution in [-0.2, 0) is 0 Å². The highest BCUT2D eigenvalue weighted by molar-refractivity contribution is 5.04. The Balaban J connectivity index is 2.01. The lowest BCUT2D eigenvalue weighted by Gasteiger charge is -2.40. The molecule has 1 saturated carbocycles. The molecule has 2 rings (SSSR count). The highest BCUT2D eigenvalue weighted by atomic mass is 15.5. The van der Waals surface area contributed by atoms with E-state index in [0.717, 1.165) is 0 Å². The molecule has 0 aromatic rings. The molecule has 2 heteroatoms. The van der Waals surface area contributed by atoms with E-state index in [2.05, 4.69) is 17.3 Å². The van der Waals surface area contributed by atoms with E-state index in [4.69, 9.17) is 0 Å². The maximum Gasteiger partial charge on any atom is 0.0464 e. The van der Waals surface area contributed by atoms with E-state index in [9.17, 15) is 0 Å². The molecule has 1 radical (unpaired) electrons. The maximum atomic E-state index is 3.24. The van der Waals surface area contributed by atoms with Gasteiger partial charge in [-0.1, -0.05) is 0 Å². The molecule has 1 atom stereocenters. The van der Waals surface area contributed by atoms with Crippen LogP contribution < -0.4 is 10.9 Å². The Hall–Kier alpha value is -0.0800.